The fourth-order valence-corrected chi connectivity index (χ4v) is 2.49. The lowest BCUT2D eigenvalue weighted by molar-refractivity contribution is 0.647. The highest BCUT2D eigenvalue weighted by molar-refractivity contribution is 5.77. The summed E-state index contributed by atoms with van der Waals surface area (Å²) in [5, 5.41) is 8.77. The summed E-state index contributed by atoms with van der Waals surface area (Å²) < 4.78 is 5.81. The van der Waals surface area contributed by atoms with Crippen LogP contribution in [-0.2, 0) is 20.1 Å². The van der Waals surface area contributed by atoms with Crippen LogP contribution in [0.15, 0.2) is 6.20 Å². The molecule has 0 aromatic carbocycles. The lowest BCUT2D eigenvalue weighted by atomic mass is 10.2. The van der Waals surface area contributed by atoms with Crippen molar-refractivity contribution in [1.82, 2.24) is 29.1 Å². The van der Waals surface area contributed by atoms with Crippen molar-refractivity contribution in [3.05, 3.63) is 23.1 Å². The second kappa shape index (κ2) is 4.36. The minimum absolute atomic E-state index is 0.519. The molecular weight excluding hydrogens is 254 g/mol. The predicted octanol–water partition coefficient (Wildman–Crippen LogP) is 1.23. The Hall–Kier alpha value is -2.31. The number of hydrogen-bond donors (Lipinski definition) is 1. The summed E-state index contributed by atoms with van der Waals surface area (Å²) in [6.07, 6.45) is 1.88. The van der Waals surface area contributed by atoms with Gasteiger partial charge in [-0.1, -0.05) is 0 Å². The molecule has 0 aliphatic carbocycles. The maximum Gasteiger partial charge on any atom is 0.202 e. The molecule has 0 aliphatic rings. The van der Waals surface area contributed by atoms with E-state index < -0.39 is 0 Å². The molecule has 7 heteroatoms. The zero-order chi connectivity index (χ0) is 14.4. The number of aryl methyl sites for hydroxylation is 3. The van der Waals surface area contributed by atoms with Crippen LogP contribution in [0.3, 0.4) is 0 Å². The molecule has 0 atom stereocenters. The summed E-state index contributed by atoms with van der Waals surface area (Å²) in [5.41, 5.74) is 11.1. The average molecular weight is 273 g/mol. The number of nitrogens with two attached hydrogens (primary N) is 1. The van der Waals surface area contributed by atoms with E-state index in [1.54, 1.807) is 0 Å². The molecule has 0 amide bonds. The first-order valence-corrected chi connectivity index (χ1v) is 6.69. The first-order valence-electron chi connectivity index (χ1n) is 6.69. The van der Waals surface area contributed by atoms with Crippen LogP contribution in [0.1, 0.15) is 23.9 Å². The second-order valence-electron chi connectivity index (χ2n) is 5.01. The molecule has 0 saturated heterocycles. The molecule has 3 aromatic rings. The first-order chi connectivity index (χ1) is 9.52. The van der Waals surface area contributed by atoms with Crippen LogP contribution in [0, 0.1) is 13.8 Å². The van der Waals surface area contributed by atoms with Gasteiger partial charge in [0.1, 0.15) is 5.52 Å². The van der Waals surface area contributed by atoms with E-state index in [9.17, 15) is 0 Å². The van der Waals surface area contributed by atoms with Gasteiger partial charge in [0.05, 0.1) is 18.4 Å². The molecule has 0 spiro atoms. The lowest BCUT2D eigenvalue weighted by Crippen LogP contribution is -2.09. The van der Waals surface area contributed by atoms with Crippen molar-refractivity contribution in [1.29, 1.82) is 0 Å². The van der Waals surface area contributed by atoms with Gasteiger partial charge < -0.3 is 5.73 Å². The maximum absolute atomic E-state index is 6.08. The van der Waals surface area contributed by atoms with Gasteiger partial charge in [-0.2, -0.15) is 10.2 Å². The van der Waals surface area contributed by atoms with Crippen LogP contribution in [0.5, 0.6) is 0 Å². The predicted molar refractivity (Wildman–Crippen MR) is 77.4 cm³/mol. The van der Waals surface area contributed by atoms with E-state index in [1.165, 1.54) is 0 Å². The Morgan fingerprint density at radius 1 is 1.30 bits per heavy atom. The Morgan fingerprint density at radius 3 is 2.65 bits per heavy atom. The second-order valence-corrected chi connectivity index (χ2v) is 5.01. The van der Waals surface area contributed by atoms with Gasteiger partial charge in [-0.3, -0.25) is 9.25 Å². The number of hydrogen-bond acceptors (Lipinski definition) is 4. The summed E-state index contributed by atoms with van der Waals surface area (Å²) in [4.78, 5) is 4.44. The molecule has 7 nitrogen and oxygen atoms in total. The molecule has 0 saturated carbocycles. The van der Waals surface area contributed by atoms with Gasteiger partial charge in [0.2, 0.25) is 5.95 Å². The number of nitrogens with zero attached hydrogens (tertiary/aromatic N) is 6. The molecule has 3 aromatic heterocycles. The molecule has 0 aliphatic heterocycles. The molecule has 0 unspecified atom stereocenters. The SMILES string of the molecule is CCn1nc(C)c2nc(N)n(Cc3cnn(C)c3C)c21. The quantitative estimate of drug-likeness (QED) is 0.778. The van der Waals surface area contributed by atoms with Gasteiger partial charge in [-0.25, -0.2) is 9.67 Å². The van der Waals surface area contributed by atoms with Crippen molar-refractivity contribution in [2.24, 2.45) is 7.05 Å². The smallest absolute Gasteiger partial charge is 0.202 e. The highest BCUT2D eigenvalue weighted by Crippen LogP contribution is 2.23. The number of nitrogen functional groups attached to an aromatic ring is 1. The standard InChI is InChI=1S/C13H19N7/c1-5-20-12-11(8(2)17-20)16-13(14)19(12)7-10-6-15-18(4)9(10)3/h6H,5,7H2,1-4H3,(H2,14,16). The topological polar surface area (TPSA) is 79.5 Å². The Kier molecular flexibility index (Phi) is 2.77. The summed E-state index contributed by atoms with van der Waals surface area (Å²) in [5.74, 6) is 0.519. The molecule has 0 fully saturated rings. The molecule has 20 heavy (non-hydrogen) atoms. The van der Waals surface area contributed by atoms with Gasteiger partial charge >= 0.3 is 0 Å². The van der Waals surface area contributed by atoms with Crippen molar-refractivity contribution in [2.45, 2.75) is 33.9 Å². The number of imidazole rings is 1. The normalized spacial score (nSPS) is 11.6. The van der Waals surface area contributed by atoms with Gasteiger partial charge in [-0.05, 0) is 20.8 Å². The van der Waals surface area contributed by atoms with Crippen molar-refractivity contribution in [2.75, 3.05) is 5.73 Å². The van der Waals surface area contributed by atoms with Crippen LogP contribution in [-0.4, -0.2) is 29.1 Å². The van der Waals surface area contributed by atoms with Crippen LogP contribution in [0.4, 0.5) is 5.95 Å². The van der Waals surface area contributed by atoms with Gasteiger partial charge in [0.15, 0.2) is 5.65 Å². The van der Waals surface area contributed by atoms with E-state index >= 15 is 0 Å². The van der Waals surface area contributed by atoms with E-state index in [-0.39, 0.29) is 0 Å². The van der Waals surface area contributed by atoms with Crippen molar-refractivity contribution < 1.29 is 0 Å². The Labute approximate surface area is 117 Å². The molecule has 106 valence electrons. The minimum atomic E-state index is 0.519. The van der Waals surface area contributed by atoms with Crippen LogP contribution in [0.25, 0.3) is 11.2 Å². The van der Waals surface area contributed by atoms with E-state index in [0.717, 1.165) is 34.7 Å². The Bertz CT molecular complexity index is 774. The third-order valence-corrected chi connectivity index (χ3v) is 3.79. The van der Waals surface area contributed by atoms with E-state index in [4.69, 9.17) is 5.73 Å². The Balaban J connectivity index is 2.15. The summed E-state index contributed by atoms with van der Waals surface area (Å²) >= 11 is 0. The molecule has 2 N–H and O–H groups in total. The largest absolute Gasteiger partial charge is 0.369 e. The number of anilines is 1. The van der Waals surface area contributed by atoms with Gasteiger partial charge in [-0.15, -0.1) is 0 Å². The summed E-state index contributed by atoms with van der Waals surface area (Å²) in [7, 11) is 1.94. The highest BCUT2D eigenvalue weighted by Gasteiger charge is 2.17. The van der Waals surface area contributed by atoms with Crippen molar-refractivity contribution in [3.63, 3.8) is 0 Å². The number of aromatic nitrogens is 6. The molecule has 3 rings (SSSR count). The molecular formula is C13H19N7. The third-order valence-electron chi connectivity index (χ3n) is 3.79. The van der Waals surface area contributed by atoms with Crippen molar-refractivity contribution >= 4 is 17.1 Å². The van der Waals surface area contributed by atoms with Crippen molar-refractivity contribution in [3.8, 4) is 0 Å². The number of fused-ring (bicyclic) bond motifs is 1. The fourth-order valence-electron chi connectivity index (χ4n) is 2.49. The van der Waals surface area contributed by atoms with E-state index in [2.05, 4.69) is 29.0 Å². The van der Waals surface area contributed by atoms with Crippen LogP contribution in [0.2, 0.25) is 0 Å². The van der Waals surface area contributed by atoms with Gasteiger partial charge in [0.25, 0.3) is 0 Å². The fraction of sp³-hybridized carbons (Fsp3) is 0.462. The summed E-state index contributed by atoms with van der Waals surface area (Å²) in [6, 6.07) is 0. The molecule has 3 heterocycles. The zero-order valence-electron chi connectivity index (χ0n) is 12.3. The zero-order valence-corrected chi connectivity index (χ0v) is 12.3. The number of rotatable bonds is 3. The third kappa shape index (κ3) is 1.70. The van der Waals surface area contributed by atoms with E-state index in [0.29, 0.717) is 12.5 Å². The monoisotopic (exact) mass is 273 g/mol. The first kappa shape index (κ1) is 12.7. The Morgan fingerprint density at radius 2 is 2.05 bits per heavy atom. The molecule has 0 bridgehead atoms. The summed E-state index contributed by atoms with van der Waals surface area (Å²) in [6.45, 7) is 7.53. The van der Waals surface area contributed by atoms with Gasteiger partial charge in [0, 0.05) is 24.8 Å². The highest BCUT2D eigenvalue weighted by atomic mass is 15.4. The average Bonchev–Trinajstić information content (AvgIpc) is 3.01. The maximum atomic E-state index is 6.08. The molecule has 0 radical (unpaired) electrons. The van der Waals surface area contributed by atoms with Crippen LogP contribution < -0.4 is 5.73 Å². The van der Waals surface area contributed by atoms with E-state index in [1.807, 2.05) is 34.1 Å². The van der Waals surface area contributed by atoms with Crippen LogP contribution >= 0.6 is 0 Å². The lowest BCUT2D eigenvalue weighted by Gasteiger charge is -2.07. The minimum Gasteiger partial charge on any atom is -0.369 e.